The Kier molecular flexibility index (Phi) is 7.15. The average Bonchev–Trinajstić information content (AvgIpc) is 3.46. The second-order valence-corrected chi connectivity index (χ2v) is 11.7. The monoisotopic (exact) mass is 611 g/mol. The minimum atomic E-state index is -4.54. The van der Waals surface area contributed by atoms with Crippen molar-refractivity contribution in [3.05, 3.63) is 105 Å². The first-order chi connectivity index (χ1) is 20.1. The maximum absolute atomic E-state index is 13.7. The van der Waals surface area contributed by atoms with Crippen LogP contribution in [0.1, 0.15) is 21.9 Å². The van der Waals surface area contributed by atoms with E-state index in [1.165, 1.54) is 28.8 Å². The number of rotatable bonds is 6. The molecule has 4 aromatic rings. The van der Waals surface area contributed by atoms with E-state index >= 15 is 0 Å². The van der Waals surface area contributed by atoms with Crippen LogP contribution in [0, 0.1) is 5.92 Å². The topological polar surface area (TPSA) is 109 Å². The van der Waals surface area contributed by atoms with Crippen molar-refractivity contribution in [2.24, 2.45) is 5.92 Å². The number of hydrogen-bond acceptors (Lipinski definition) is 7. The molecule has 3 aromatic carbocycles. The summed E-state index contributed by atoms with van der Waals surface area (Å²) < 4.78 is 44.4. The summed E-state index contributed by atoms with van der Waals surface area (Å²) in [4.78, 5) is 56.1. The number of thioether (sulfide) groups is 1. The molecule has 2 N–H and O–H groups in total. The zero-order valence-corrected chi connectivity index (χ0v) is 23.0. The molecular weight excluding hydrogens is 591 g/mol. The smallest absolute Gasteiger partial charge is 0.416 e. The molecule has 42 heavy (non-hydrogen) atoms. The molecule has 8 nitrogen and oxygen atoms in total. The van der Waals surface area contributed by atoms with Gasteiger partial charge < -0.3 is 15.0 Å². The molecule has 0 saturated carbocycles. The molecule has 2 aliphatic rings. The van der Waals surface area contributed by atoms with Gasteiger partial charge in [0.05, 0.1) is 22.2 Å². The van der Waals surface area contributed by atoms with Gasteiger partial charge in [0.2, 0.25) is 11.8 Å². The molecule has 0 radical (unpaired) electrons. The first-order valence-corrected chi connectivity index (χ1v) is 14.3. The van der Waals surface area contributed by atoms with Crippen molar-refractivity contribution < 1.29 is 32.3 Å². The van der Waals surface area contributed by atoms with Gasteiger partial charge in [-0.25, -0.2) is 4.90 Å². The summed E-state index contributed by atoms with van der Waals surface area (Å²) >= 11 is 2.18. The highest BCUT2D eigenvalue weighted by Crippen LogP contribution is 2.53. The number of anilines is 2. The van der Waals surface area contributed by atoms with E-state index < -0.39 is 41.3 Å². The maximum atomic E-state index is 13.7. The number of carbonyl (C=O) groups is 3. The molecule has 3 heterocycles. The Morgan fingerprint density at radius 2 is 1.69 bits per heavy atom. The number of aromatic amines is 1. The lowest BCUT2D eigenvalue weighted by molar-refractivity contribution is -0.137. The van der Waals surface area contributed by atoms with Crippen LogP contribution in [0.25, 0.3) is 0 Å². The third-order valence-corrected chi connectivity index (χ3v) is 9.32. The van der Waals surface area contributed by atoms with E-state index in [2.05, 4.69) is 10.3 Å². The van der Waals surface area contributed by atoms with Crippen molar-refractivity contribution in [2.45, 2.75) is 22.4 Å². The molecule has 1 saturated heterocycles. The fourth-order valence-electron chi connectivity index (χ4n) is 5.10. The van der Waals surface area contributed by atoms with E-state index in [4.69, 9.17) is 4.74 Å². The van der Waals surface area contributed by atoms with Crippen LogP contribution in [0.2, 0.25) is 0 Å². The standard InChI is InChI=1S/C29H20F3N3O5S2/c30-29(31,32)16-5-4-6-17(13-16)33-20(36)14-40-19-11-9-15(10-12-19)21-22-24(41-25-23(21)42-28(39)34-25)27(38)35(26(22)37)18-7-2-1-3-8-18/h1-13,21-22,24H,14H2,(H,33,36)(H,34,39)/t21-,22?,24?/m1/s1. The Labute approximate surface area is 244 Å². The third kappa shape index (κ3) is 5.21. The number of para-hydroxylation sites is 1. The van der Waals surface area contributed by atoms with Gasteiger partial charge in [-0.3, -0.25) is 19.2 Å². The Bertz CT molecular complexity index is 1740. The predicted molar refractivity (Wildman–Crippen MR) is 151 cm³/mol. The molecular formula is C29H20F3N3O5S2. The molecule has 1 aromatic heterocycles. The van der Waals surface area contributed by atoms with Gasteiger partial charge in [0.25, 0.3) is 5.91 Å². The second kappa shape index (κ2) is 10.8. The SMILES string of the molecule is O=C(COc1ccc([C@H]2c3sc(=O)[nH]c3SC3C(=O)N(c4ccccc4)C(=O)C32)cc1)Nc1cccc(C(F)(F)F)c1. The number of benzene rings is 3. The molecule has 13 heteroatoms. The predicted octanol–water partition coefficient (Wildman–Crippen LogP) is 5.27. The van der Waals surface area contributed by atoms with Gasteiger partial charge in [-0.05, 0) is 48.0 Å². The van der Waals surface area contributed by atoms with E-state index in [0.717, 1.165) is 23.5 Å². The number of hydrogen-bond donors (Lipinski definition) is 2. The summed E-state index contributed by atoms with van der Waals surface area (Å²) in [5.41, 5.74) is 0.258. The van der Waals surface area contributed by atoms with Crippen molar-refractivity contribution in [3.8, 4) is 5.75 Å². The van der Waals surface area contributed by atoms with E-state index in [0.29, 0.717) is 26.9 Å². The Balaban J connectivity index is 1.20. The number of halogens is 3. The fraction of sp³-hybridized carbons (Fsp3) is 0.172. The number of fused-ring (bicyclic) bond motifs is 2. The molecule has 1 fully saturated rings. The fourth-order valence-corrected chi connectivity index (χ4v) is 7.61. The Morgan fingerprint density at radius 1 is 0.952 bits per heavy atom. The van der Waals surface area contributed by atoms with Crippen LogP contribution in [0.3, 0.4) is 0 Å². The van der Waals surface area contributed by atoms with Gasteiger partial charge in [0.15, 0.2) is 6.61 Å². The molecule has 0 aliphatic carbocycles. The summed E-state index contributed by atoms with van der Waals surface area (Å²) in [6.45, 7) is -0.455. The van der Waals surface area contributed by atoms with Gasteiger partial charge in [-0.15, -0.1) is 0 Å². The highest BCUT2D eigenvalue weighted by atomic mass is 32.2. The van der Waals surface area contributed by atoms with Crippen molar-refractivity contribution in [3.63, 3.8) is 0 Å². The zero-order chi connectivity index (χ0) is 29.6. The number of nitrogens with zero attached hydrogens (tertiary/aromatic N) is 1. The van der Waals surface area contributed by atoms with E-state index in [9.17, 15) is 32.3 Å². The minimum absolute atomic E-state index is 0.0138. The molecule has 2 aliphatic heterocycles. The molecule has 214 valence electrons. The Morgan fingerprint density at radius 3 is 2.40 bits per heavy atom. The van der Waals surface area contributed by atoms with Gasteiger partial charge in [0, 0.05) is 16.5 Å². The lowest BCUT2D eigenvalue weighted by atomic mass is 9.83. The highest BCUT2D eigenvalue weighted by Gasteiger charge is 2.56. The van der Waals surface area contributed by atoms with Crippen LogP contribution in [0.5, 0.6) is 5.75 Å². The molecule has 2 unspecified atom stereocenters. The summed E-state index contributed by atoms with van der Waals surface area (Å²) in [5, 5.41) is 2.21. The summed E-state index contributed by atoms with van der Waals surface area (Å²) in [6, 6.07) is 19.5. The average molecular weight is 612 g/mol. The number of imide groups is 1. The van der Waals surface area contributed by atoms with E-state index in [1.54, 1.807) is 54.6 Å². The van der Waals surface area contributed by atoms with Crippen LogP contribution < -0.4 is 19.8 Å². The van der Waals surface area contributed by atoms with Crippen LogP contribution in [0.15, 0.2) is 88.7 Å². The van der Waals surface area contributed by atoms with Gasteiger partial charge in [0.1, 0.15) is 11.0 Å². The summed E-state index contributed by atoms with van der Waals surface area (Å²) in [7, 11) is 0. The molecule has 3 atom stereocenters. The normalized spacial score (nSPS) is 19.8. The molecule has 3 amide bonds. The number of alkyl halides is 3. The number of nitrogens with one attached hydrogen (secondary N) is 2. The number of aromatic nitrogens is 1. The van der Waals surface area contributed by atoms with Crippen LogP contribution in [0.4, 0.5) is 24.5 Å². The second-order valence-electron chi connectivity index (χ2n) is 9.58. The van der Waals surface area contributed by atoms with Crippen molar-refractivity contribution >= 4 is 52.2 Å². The van der Waals surface area contributed by atoms with Crippen molar-refractivity contribution in [2.75, 3.05) is 16.8 Å². The first kappa shape index (κ1) is 27.8. The van der Waals surface area contributed by atoms with Gasteiger partial charge in [-0.1, -0.05) is 59.5 Å². The van der Waals surface area contributed by atoms with Crippen LogP contribution in [-0.4, -0.2) is 34.6 Å². The highest BCUT2D eigenvalue weighted by molar-refractivity contribution is 8.00. The largest absolute Gasteiger partial charge is 0.484 e. The number of amides is 3. The van der Waals surface area contributed by atoms with Crippen molar-refractivity contribution in [1.29, 1.82) is 0 Å². The lowest BCUT2D eigenvalue weighted by Gasteiger charge is -2.29. The first-order valence-electron chi connectivity index (χ1n) is 12.6. The third-order valence-electron chi connectivity index (χ3n) is 6.92. The summed E-state index contributed by atoms with van der Waals surface area (Å²) in [6.07, 6.45) is -4.54. The number of thiazole rings is 1. The molecule has 0 spiro atoms. The zero-order valence-electron chi connectivity index (χ0n) is 21.4. The summed E-state index contributed by atoms with van der Waals surface area (Å²) in [5.74, 6) is -2.36. The van der Waals surface area contributed by atoms with Gasteiger partial charge >= 0.3 is 11.0 Å². The minimum Gasteiger partial charge on any atom is -0.484 e. The van der Waals surface area contributed by atoms with Crippen LogP contribution >= 0.6 is 23.1 Å². The number of ether oxygens (including phenoxy) is 1. The van der Waals surface area contributed by atoms with Gasteiger partial charge in [-0.2, -0.15) is 13.2 Å². The molecule has 6 rings (SSSR count). The van der Waals surface area contributed by atoms with E-state index in [-0.39, 0.29) is 22.4 Å². The van der Waals surface area contributed by atoms with Crippen LogP contribution in [-0.2, 0) is 20.6 Å². The quantitative estimate of drug-likeness (QED) is 0.288. The molecule has 0 bridgehead atoms. The lowest BCUT2D eigenvalue weighted by Crippen LogP contribution is -2.32. The Hall–Kier alpha value is -4.36. The number of carbonyl (C=O) groups excluding carboxylic acids is 3. The number of H-pyrrole nitrogens is 1. The van der Waals surface area contributed by atoms with E-state index in [1.807, 2.05) is 0 Å². The maximum Gasteiger partial charge on any atom is 0.416 e. The van der Waals surface area contributed by atoms with Crippen molar-refractivity contribution in [1.82, 2.24) is 4.98 Å².